The van der Waals surface area contributed by atoms with Gasteiger partial charge < -0.3 is 18.8 Å². The number of nitrogens with zero attached hydrogens (tertiary/aromatic N) is 3. The maximum atomic E-state index is 13.0. The summed E-state index contributed by atoms with van der Waals surface area (Å²) in [7, 11) is 0. The molecule has 3 heterocycles. The van der Waals surface area contributed by atoms with Crippen molar-refractivity contribution in [2.24, 2.45) is 0 Å². The van der Waals surface area contributed by atoms with E-state index in [1.165, 1.54) is 17.3 Å². The molecule has 1 atom stereocenters. The zero-order valence-electron chi connectivity index (χ0n) is 18.0. The Morgan fingerprint density at radius 3 is 2.72 bits per heavy atom. The molecule has 0 saturated carbocycles. The number of benzene rings is 2. The second kappa shape index (κ2) is 9.24. The Bertz CT molecular complexity index is 1100. The van der Waals surface area contributed by atoms with Gasteiger partial charge in [-0.1, -0.05) is 35.5 Å². The number of rotatable bonds is 5. The van der Waals surface area contributed by atoms with Crippen LogP contribution in [0.2, 0.25) is 0 Å². The molecule has 0 N–H and O–H groups in total. The Hall–Kier alpha value is -3.00. The van der Waals surface area contributed by atoms with Crippen LogP contribution in [0.25, 0.3) is 11.5 Å². The van der Waals surface area contributed by atoms with Gasteiger partial charge in [-0.05, 0) is 49.6 Å². The second-order valence-corrected chi connectivity index (χ2v) is 8.96. The number of thioether (sulfide) groups is 1. The van der Waals surface area contributed by atoms with E-state index < -0.39 is 0 Å². The van der Waals surface area contributed by atoms with Crippen LogP contribution in [0.15, 0.2) is 52.1 Å². The summed E-state index contributed by atoms with van der Waals surface area (Å²) in [6, 6.07) is 14.0. The van der Waals surface area contributed by atoms with Crippen molar-refractivity contribution in [1.29, 1.82) is 0 Å². The highest BCUT2D eigenvalue weighted by Gasteiger charge is 2.31. The molecule has 1 saturated heterocycles. The molecule has 32 heavy (non-hydrogen) atoms. The normalized spacial score (nSPS) is 17.9. The minimum absolute atomic E-state index is 0.0473. The molecule has 2 aliphatic heterocycles. The highest BCUT2D eigenvalue weighted by Crippen LogP contribution is 2.38. The molecule has 0 radical (unpaired) electrons. The van der Waals surface area contributed by atoms with Gasteiger partial charge in [0.05, 0.1) is 25.0 Å². The van der Waals surface area contributed by atoms with Gasteiger partial charge in [0.25, 0.3) is 5.22 Å². The lowest BCUT2D eigenvalue weighted by molar-refractivity contribution is -0.129. The van der Waals surface area contributed by atoms with Crippen LogP contribution in [0.5, 0.6) is 11.5 Å². The summed E-state index contributed by atoms with van der Waals surface area (Å²) >= 11 is 1.28. The molecule has 8 heteroatoms. The summed E-state index contributed by atoms with van der Waals surface area (Å²) in [5.41, 5.74) is 3.13. The Labute approximate surface area is 191 Å². The predicted molar refractivity (Wildman–Crippen MR) is 121 cm³/mol. The smallest absolute Gasteiger partial charge is 0.277 e. The third-order valence-corrected chi connectivity index (χ3v) is 6.56. The summed E-state index contributed by atoms with van der Waals surface area (Å²) in [6.45, 7) is 4.09. The standard InChI is InChI=1S/C24H25N3O4S/c1-16-5-7-17(8-6-16)23-25-26-24(31-23)32-15-22(28)27-11-2-4-19(27)18-9-10-20-21(14-18)30-13-3-12-29-20/h5-10,14,19H,2-4,11-13,15H2,1H3/t19-/m1/s1. The summed E-state index contributed by atoms with van der Waals surface area (Å²) in [5, 5.41) is 8.61. The van der Waals surface area contributed by atoms with Crippen molar-refractivity contribution in [2.75, 3.05) is 25.5 Å². The van der Waals surface area contributed by atoms with Gasteiger partial charge in [-0.25, -0.2) is 0 Å². The molecule has 2 aliphatic rings. The average Bonchev–Trinajstić information content (AvgIpc) is 3.43. The van der Waals surface area contributed by atoms with Gasteiger partial charge in [0.2, 0.25) is 11.8 Å². The Kier molecular flexibility index (Phi) is 6.03. The first-order valence-corrected chi connectivity index (χ1v) is 11.9. The van der Waals surface area contributed by atoms with E-state index in [1.54, 1.807) is 0 Å². The van der Waals surface area contributed by atoms with Crippen molar-refractivity contribution < 1.29 is 18.7 Å². The van der Waals surface area contributed by atoms with E-state index >= 15 is 0 Å². The van der Waals surface area contributed by atoms with Crippen LogP contribution < -0.4 is 9.47 Å². The fourth-order valence-corrected chi connectivity index (χ4v) is 4.74. The van der Waals surface area contributed by atoms with E-state index in [1.807, 2.05) is 54.3 Å². The fraction of sp³-hybridized carbons (Fsp3) is 0.375. The summed E-state index contributed by atoms with van der Waals surface area (Å²) in [6.07, 6.45) is 2.79. The molecule has 0 unspecified atom stereocenters. The fourth-order valence-electron chi connectivity index (χ4n) is 4.09. The monoisotopic (exact) mass is 451 g/mol. The lowest BCUT2D eigenvalue weighted by Crippen LogP contribution is -2.32. The summed E-state index contributed by atoms with van der Waals surface area (Å²) in [4.78, 5) is 15.0. The number of aryl methyl sites for hydroxylation is 1. The molecule has 5 rings (SSSR count). The maximum Gasteiger partial charge on any atom is 0.277 e. The van der Waals surface area contributed by atoms with E-state index in [2.05, 4.69) is 10.2 Å². The zero-order valence-corrected chi connectivity index (χ0v) is 18.8. The molecule has 166 valence electrons. The number of fused-ring (bicyclic) bond motifs is 1. The first kappa shape index (κ1) is 20.9. The summed E-state index contributed by atoms with van der Waals surface area (Å²) in [5.74, 6) is 2.34. The Balaban J connectivity index is 1.24. The van der Waals surface area contributed by atoms with Crippen LogP contribution in [0.4, 0.5) is 0 Å². The van der Waals surface area contributed by atoms with Gasteiger partial charge in [0.1, 0.15) is 0 Å². The van der Waals surface area contributed by atoms with Crippen LogP contribution >= 0.6 is 11.8 Å². The molecule has 1 aromatic heterocycles. The highest BCUT2D eigenvalue weighted by molar-refractivity contribution is 7.99. The van der Waals surface area contributed by atoms with E-state index in [0.29, 0.717) is 24.3 Å². The number of hydrogen-bond donors (Lipinski definition) is 0. The molecular weight excluding hydrogens is 426 g/mol. The molecule has 1 fully saturated rings. The first-order chi connectivity index (χ1) is 15.7. The first-order valence-electron chi connectivity index (χ1n) is 10.9. The van der Waals surface area contributed by atoms with Crippen molar-refractivity contribution in [3.63, 3.8) is 0 Å². The van der Waals surface area contributed by atoms with E-state index in [0.717, 1.165) is 48.4 Å². The Morgan fingerprint density at radius 1 is 1.06 bits per heavy atom. The van der Waals surface area contributed by atoms with Gasteiger partial charge in [0, 0.05) is 18.5 Å². The predicted octanol–water partition coefficient (Wildman–Crippen LogP) is 4.66. The molecule has 7 nitrogen and oxygen atoms in total. The maximum absolute atomic E-state index is 13.0. The quantitative estimate of drug-likeness (QED) is 0.522. The number of ether oxygens (including phenoxy) is 2. The number of carbonyl (C=O) groups is 1. The van der Waals surface area contributed by atoms with Crippen LogP contribution in [0.3, 0.4) is 0 Å². The van der Waals surface area contributed by atoms with Gasteiger partial charge in [-0.3, -0.25) is 4.79 Å². The summed E-state index contributed by atoms with van der Waals surface area (Å²) < 4.78 is 17.3. The molecule has 0 bridgehead atoms. The van der Waals surface area contributed by atoms with Crippen molar-refractivity contribution in [1.82, 2.24) is 15.1 Å². The molecule has 3 aromatic rings. The SMILES string of the molecule is Cc1ccc(-c2nnc(SCC(=O)N3CCC[C@@H]3c3ccc4c(c3)OCCCO4)o2)cc1. The molecule has 2 aromatic carbocycles. The Morgan fingerprint density at radius 2 is 1.88 bits per heavy atom. The number of hydrogen-bond acceptors (Lipinski definition) is 7. The molecule has 0 spiro atoms. The van der Waals surface area contributed by atoms with Gasteiger partial charge >= 0.3 is 0 Å². The topological polar surface area (TPSA) is 77.7 Å². The third kappa shape index (κ3) is 4.46. The molecular formula is C24H25N3O4S. The molecule has 1 amide bonds. The highest BCUT2D eigenvalue weighted by atomic mass is 32.2. The van der Waals surface area contributed by atoms with Crippen LogP contribution in [0.1, 0.15) is 36.4 Å². The number of carbonyl (C=O) groups excluding carboxylic acids is 1. The average molecular weight is 452 g/mol. The van der Waals surface area contributed by atoms with Crippen LogP contribution in [-0.2, 0) is 4.79 Å². The van der Waals surface area contributed by atoms with Gasteiger partial charge in [-0.15, -0.1) is 10.2 Å². The van der Waals surface area contributed by atoms with Crippen molar-refractivity contribution in [3.8, 4) is 23.0 Å². The second-order valence-electron chi connectivity index (χ2n) is 8.03. The van der Waals surface area contributed by atoms with Crippen molar-refractivity contribution in [2.45, 2.75) is 37.5 Å². The number of aromatic nitrogens is 2. The lowest BCUT2D eigenvalue weighted by Gasteiger charge is -2.25. The largest absolute Gasteiger partial charge is 0.490 e. The molecule has 0 aliphatic carbocycles. The van der Waals surface area contributed by atoms with Crippen molar-refractivity contribution in [3.05, 3.63) is 53.6 Å². The third-order valence-electron chi connectivity index (χ3n) is 5.75. The van der Waals surface area contributed by atoms with Crippen LogP contribution in [0, 0.1) is 6.92 Å². The van der Waals surface area contributed by atoms with Gasteiger partial charge in [-0.2, -0.15) is 0 Å². The lowest BCUT2D eigenvalue weighted by atomic mass is 10.0. The van der Waals surface area contributed by atoms with Crippen molar-refractivity contribution >= 4 is 17.7 Å². The zero-order chi connectivity index (χ0) is 21.9. The van der Waals surface area contributed by atoms with E-state index in [4.69, 9.17) is 13.9 Å². The van der Waals surface area contributed by atoms with Gasteiger partial charge in [0.15, 0.2) is 11.5 Å². The van der Waals surface area contributed by atoms with E-state index in [9.17, 15) is 4.79 Å². The number of likely N-dealkylation sites (tertiary alicyclic amines) is 1. The van der Waals surface area contributed by atoms with E-state index in [-0.39, 0.29) is 17.7 Å². The minimum atomic E-state index is 0.0473. The minimum Gasteiger partial charge on any atom is -0.490 e. The number of amides is 1. The van der Waals surface area contributed by atoms with Crippen LogP contribution in [-0.4, -0.2) is 46.5 Å².